The first kappa shape index (κ1) is 12.1. The fraction of sp³-hybridized carbons (Fsp3) is 0.231. The topological polar surface area (TPSA) is 37.8 Å². The normalized spacial score (nSPS) is 12.3. The Hall–Kier alpha value is -1.39. The first-order chi connectivity index (χ1) is 8.40. The van der Waals surface area contributed by atoms with Crippen LogP contribution >= 0.6 is 11.8 Å². The van der Waals surface area contributed by atoms with Crippen molar-refractivity contribution in [2.24, 2.45) is 0 Å². The minimum Gasteiger partial charge on any atom is -0.312 e. The lowest BCUT2D eigenvalue weighted by atomic mass is 10.1. The highest BCUT2D eigenvalue weighted by molar-refractivity contribution is 7.99. The van der Waals surface area contributed by atoms with Crippen LogP contribution in [0.2, 0.25) is 0 Å². The van der Waals surface area contributed by atoms with Gasteiger partial charge in [-0.05, 0) is 18.7 Å². The third-order valence-corrected chi connectivity index (χ3v) is 3.44. The van der Waals surface area contributed by atoms with Crippen molar-refractivity contribution in [1.82, 2.24) is 15.3 Å². The summed E-state index contributed by atoms with van der Waals surface area (Å²) in [5, 5.41) is 4.14. The number of nitrogens with one attached hydrogen (secondary N) is 1. The molecule has 2 aromatic rings. The summed E-state index contributed by atoms with van der Waals surface area (Å²) in [7, 11) is 1.98. The summed E-state index contributed by atoms with van der Waals surface area (Å²) in [5.41, 5.74) is 1.29. The zero-order chi connectivity index (χ0) is 11.9. The van der Waals surface area contributed by atoms with Crippen LogP contribution in [0.3, 0.4) is 0 Å². The Kier molecular flexibility index (Phi) is 4.53. The third-order valence-electron chi connectivity index (χ3n) is 2.47. The van der Waals surface area contributed by atoms with E-state index in [1.54, 1.807) is 24.2 Å². The zero-order valence-electron chi connectivity index (χ0n) is 9.71. The van der Waals surface area contributed by atoms with E-state index in [1.807, 2.05) is 19.2 Å². The van der Waals surface area contributed by atoms with Gasteiger partial charge in [0, 0.05) is 24.2 Å². The van der Waals surface area contributed by atoms with Crippen molar-refractivity contribution in [2.75, 3.05) is 12.8 Å². The van der Waals surface area contributed by atoms with E-state index in [9.17, 15) is 0 Å². The van der Waals surface area contributed by atoms with Gasteiger partial charge in [0.15, 0.2) is 5.16 Å². The maximum Gasteiger partial charge on any atom is 0.187 e. The molecule has 3 nitrogen and oxygen atoms in total. The molecule has 1 N–H and O–H groups in total. The standard InChI is InChI=1S/C13H15N3S/c1-14-12(11-6-3-2-4-7-11)10-17-13-15-8-5-9-16-13/h2-9,12,14H,10H2,1H3. The van der Waals surface area contributed by atoms with E-state index < -0.39 is 0 Å². The van der Waals surface area contributed by atoms with Crippen molar-refractivity contribution >= 4 is 11.8 Å². The fourth-order valence-electron chi connectivity index (χ4n) is 1.55. The van der Waals surface area contributed by atoms with Gasteiger partial charge in [0.2, 0.25) is 0 Å². The monoisotopic (exact) mass is 245 g/mol. The highest BCUT2D eigenvalue weighted by atomic mass is 32.2. The van der Waals surface area contributed by atoms with Gasteiger partial charge in [-0.2, -0.15) is 0 Å². The average molecular weight is 245 g/mol. The second kappa shape index (κ2) is 6.37. The Labute approximate surface area is 106 Å². The van der Waals surface area contributed by atoms with Crippen LogP contribution < -0.4 is 5.32 Å². The van der Waals surface area contributed by atoms with E-state index in [1.165, 1.54) is 5.56 Å². The van der Waals surface area contributed by atoms with E-state index >= 15 is 0 Å². The summed E-state index contributed by atoms with van der Waals surface area (Å²) in [6, 6.07) is 12.6. The van der Waals surface area contributed by atoms with E-state index in [4.69, 9.17) is 0 Å². The molecule has 0 saturated heterocycles. The molecular formula is C13H15N3S. The molecule has 0 radical (unpaired) electrons. The fourth-order valence-corrected chi connectivity index (χ4v) is 2.50. The number of nitrogens with zero attached hydrogens (tertiary/aromatic N) is 2. The minimum absolute atomic E-state index is 0.324. The Bertz CT molecular complexity index is 433. The number of thioether (sulfide) groups is 1. The average Bonchev–Trinajstić information content (AvgIpc) is 2.42. The molecule has 1 atom stereocenters. The van der Waals surface area contributed by atoms with Crippen LogP contribution in [0.25, 0.3) is 0 Å². The van der Waals surface area contributed by atoms with Crippen molar-refractivity contribution in [3.63, 3.8) is 0 Å². The third kappa shape index (κ3) is 3.54. The van der Waals surface area contributed by atoms with E-state index in [2.05, 4.69) is 39.6 Å². The summed E-state index contributed by atoms with van der Waals surface area (Å²) < 4.78 is 0. The maximum atomic E-state index is 4.20. The molecule has 1 unspecified atom stereocenters. The van der Waals surface area contributed by atoms with E-state index in [-0.39, 0.29) is 0 Å². The molecule has 17 heavy (non-hydrogen) atoms. The molecule has 0 bridgehead atoms. The molecule has 0 aliphatic rings. The summed E-state index contributed by atoms with van der Waals surface area (Å²) in [5.74, 6) is 0.921. The number of aromatic nitrogens is 2. The predicted octanol–water partition coefficient (Wildman–Crippen LogP) is 2.53. The summed E-state index contributed by atoms with van der Waals surface area (Å²) in [4.78, 5) is 8.41. The number of hydrogen-bond acceptors (Lipinski definition) is 4. The highest BCUT2D eigenvalue weighted by Crippen LogP contribution is 2.21. The van der Waals surface area contributed by atoms with Gasteiger partial charge in [0.1, 0.15) is 0 Å². The molecule has 4 heteroatoms. The van der Waals surface area contributed by atoms with Crippen molar-refractivity contribution in [1.29, 1.82) is 0 Å². The van der Waals surface area contributed by atoms with Gasteiger partial charge in [-0.15, -0.1) is 0 Å². The van der Waals surface area contributed by atoms with Gasteiger partial charge in [-0.1, -0.05) is 42.1 Å². The molecule has 0 aliphatic heterocycles. The molecule has 1 aromatic heterocycles. The first-order valence-corrected chi connectivity index (χ1v) is 6.50. The lowest BCUT2D eigenvalue weighted by Gasteiger charge is -2.15. The molecule has 1 aromatic carbocycles. The molecule has 0 saturated carbocycles. The Morgan fingerprint density at radius 2 is 1.82 bits per heavy atom. The minimum atomic E-state index is 0.324. The van der Waals surface area contributed by atoms with Gasteiger partial charge < -0.3 is 5.32 Å². The quantitative estimate of drug-likeness (QED) is 0.649. The molecule has 2 rings (SSSR count). The lowest BCUT2D eigenvalue weighted by Crippen LogP contribution is -2.18. The molecular weight excluding hydrogens is 230 g/mol. The smallest absolute Gasteiger partial charge is 0.187 e. The van der Waals surface area contributed by atoms with Crippen LogP contribution in [0, 0.1) is 0 Å². The van der Waals surface area contributed by atoms with Gasteiger partial charge in [-0.25, -0.2) is 9.97 Å². The van der Waals surface area contributed by atoms with Gasteiger partial charge in [0.25, 0.3) is 0 Å². The molecule has 0 spiro atoms. The van der Waals surface area contributed by atoms with Gasteiger partial charge in [-0.3, -0.25) is 0 Å². The number of hydrogen-bond donors (Lipinski definition) is 1. The van der Waals surface area contributed by atoms with Crippen molar-refractivity contribution in [3.8, 4) is 0 Å². The SMILES string of the molecule is CNC(CSc1ncccn1)c1ccccc1. The molecule has 88 valence electrons. The zero-order valence-corrected chi connectivity index (χ0v) is 10.5. The van der Waals surface area contributed by atoms with Gasteiger partial charge in [0.05, 0.1) is 0 Å². The van der Waals surface area contributed by atoms with Crippen LogP contribution in [0.1, 0.15) is 11.6 Å². The van der Waals surface area contributed by atoms with Crippen LogP contribution in [0.5, 0.6) is 0 Å². The Morgan fingerprint density at radius 3 is 2.47 bits per heavy atom. The van der Waals surface area contributed by atoms with Gasteiger partial charge >= 0.3 is 0 Å². The van der Waals surface area contributed by atoms with Crippen LogP contribution in [-0.2, 0) is 0 Å². The second-order valence-electron chi connectivity index (χ2n) is 3.59. The number of rotatable bonds is 5. The molecule has 0 amide bonds. The second-order valence-corrected chi connectivity index (χ2v) is 4.58. The summed E-state index contributed by atoms with van der Waals surface area (Å²) in [6.45, 7) is 0. The van der Waals surface area contributed by atoms with Crippen molar-refractivity contribution in [2.45, 2.75) is 11.2 Å². The van der Waals surface area contributed by atoms with Crippen LogP contribution in [-0.4, -0.2) is 22.8 Å². The van der Waals surface area contributed by atoms with Crippen molar-refractivity contribution < 1.29 is 0 Å². The number of benzene rings is 1. The maximum absolute atomic E-state index is 4.20. The Balaban J connectivity index is 1.97. The molecule has 1 heterocycles. The van der Waals surface area contributed by atoms with E-state index in [0.29, 0.717) is 6.04 Å². The summed E-state index contributed by atoms with van der Waals surface area (Å²) in [6.07, 6.45) is 3.54. The first-order valence-electron chi connectivity index (χ1n) is 5.52. The molecule has 0 aliphatic carbocycles. The predicted molar refractivity (Wildman–Crippen MR) is 71.0 cm³/mol. The highest BCUT2D eigenvalue weighted by Gasteiger charge is 2.09. The Morgan fingerprint density at radius 1 is 1.12 bits per heavy atom. The van der Waals surface area contributed by atoms with Crippen molar-refractivity contribution in [3.05, 3.63) is 54.4 Å². The van der Waals surface area contributed by atoms with Crippen LogP contribution in [0.15, 0.2) is 53.9 Å². The lowest BCUT2D eigenvalue weighted by molar-refractivity contribution is 0.661. The summed E-state index contributed by atoms with van der Waals surface area (Å²) >= 11 is 1.66. The molecule has 0 fully saturated rings. The van der Waals surface area contributed by atoms with E-state index in [0.717, 1.165) is 10.9 Å². The largest absolute Gasteiger partial charge is 0.312 e. The van der Waals surface area contributed by atoms with Crippen LogP contribution in [0.4, 0.5) is 0 Å².